The first kappa shape index (κ1) is 17.7. The van der Waals surface area contributed by atoms with Gasteiger partial charge in [-0.3, -0.25) is 9.79 Å². The molecule has 0 saturated carbocycles. The number of fused-ring (bicyclic) bond motifs is 1. The molecular formula is C21H21NO4. The van der Waals surface area contributed by atoms with Crippen molar-refractivity contribution in [2.45, 2.75) is 13.3 Å². The highest BCUT2D eigenvalue weighted by atomic mass is 16.5. The molecule has 0 unspecified atom stereocenters. The van der Waals surface area contributed by atoms with Gasteiger partial charge in [0, 0.05) is 23.4 Å². The van der Waals surface area contributed by atoms with Crippen molar-refractivity contribution in [3.63, 3.8) is 0 Å². The van der Waals surface area contributed by atoms with Gasteiger partial charge in [-0.05, 0) is 31.0 Å². The van der Waals surface area contributed by atoms with Crippen LogP contribution in [0.1, 0.15) is 28.4 Å². The van der Waals surface area contributed by atoms with Gasteiger partial charge in [0.05, 0.1) is 19.8 Å². The minimum atomic E-state index is -0.175. The van der Waals surface area contributed by atoms with Crippen LogP contribution in [0.2, 0.25) is 0 Å². The molecule has 1 aliphatic rings. The molecule has 1 aliphatic carbocycles. The number of carbonyl (C=O) groups is 1. The van der Waals surface area contributed by atoms with Gasteiger partial charge >= 0.3 is 0 Å². The quantitative estimate of drug-likeness (QED) is 0.802. The fourth-order valence-corrected chi connectivity index (χ4v) is 3.07. The summed E-state index contributed by atoms with van der Waals surface area (Å²) in [5.74, 6) is 1.19. The van der Waals surface area contributed by atoms with E-state index in [1.54, 1.807) is 45.4 Å². The van der Waals surface area contributed by atoms with E-state index in [1.807, 2.05) is 18.2 Å². The monoisotopic (exact) mass is 351 g/mol. The van der Waals surface area contributed by atoms with Gasteiger partial charge in [-0.2, -0.15) is 0 Å². The van der Waals surface area contributed by atoms with Crippen LogP contribution < -0.4 is 9.47 Å². The fourth-order valence-electron chi connectivity index (χ4n) is 3.07. The van der Waals surface area contributed by atoms with Crippen molar-refractivity contribution in [3.05, 3.63) is 64.7 Å². The summed E-state index contributed by atoms with van der Waals surface area (Å²) in [5, 5.41) is 10.4. The summed E-state index contributed by atoms with van der Waals surface area (Å²) in [6.07, 6.45) is 0.687. The van der Waals surface area contributed by atoms with Crippen LogP contribution in [0.5, 0.6) is 11.5 Å². The Morgan fingerprint density at radius 1 is 1.04 bits per heavy atom. The molecule has 0 amide bonds. The molecule has 0 fully saturated rings. The summed E-state index contributed by atoms with van der Waals surface area (Å²) in [6.45, 7) is 2.26. The molecule has 5 nitrogen and oxygen atoms in total. The number of ketones is 1. The molecule has 0 heterocycles. The Labute approximate surface area is 152 Å². The van der Waals surface area contributed by atoms with Gasteiger partial charge in [-0.15, -0.1) is 0 Å². The minimum Gasteiger partial charge on any atom is -0.506 e. The third-order valence-electron chi connectivity index (χ3n) is 4.45. The third kappa shape index (κ3) is 3.20. The molecule has 0 saturated heterocycles. The molecule has 1 N–H and O–H groups in total. The fraction of sp³-hybridized carbons (Fsp3) is 0.238. The van der Waals surface area contributed by atoms with Crippen molar-refractivity contribution in [2.75, 3.05) is 20.8 Å². The normalized spacial score (nSPS) is 13.8. The third-order valence-corrected chi connectivity index (χ3v) is 4.45. The molecule has 26 heavy (non-hydrogen) atoms. The second-order valence-electron chi connectivity index (χ2n) is 6.00. The standard InChI is InChI=1S/C21H21NO4/c1-13(19-20(23)15-6-4-5-7-16(15)21(19)24)22-11-10-14-8-9-17(25-2)18(12-14)26-3/h4-9,12,23H,10-11H2,1-3H3. The van der Waals surface area contributed by atoms with Crippen LogP contribution in [0.15, 0.2) is 53.0 Å². The maximum atomic E-state index is 12.5. The Bertz CT molecular complexity index is 912. The first-order chi connectivity index (χ1) is 12.6. The number of aliphatic hydroxyl groups excluding tert-OH is 1. The van der Waals surface area contributed by atoms with E-state index in [-0.39, 0.29) is 11.5 Å². The van der Waals surface area contributed by atoms with Crippen LogP contribution >= 0.6 is 0 Å². The Kier molecular flexibility index (Phi) is 5.07. The molecule has 0 bridgehead atoms. The lowest BCUT2D eigenvalue weighted by Crippen LogP contribution is -2.08. The molecule has 134 valence electrons. The number of rotatable bonds is 6. The lowest BCUT2D eigenvalue weighted by molar-refractivity contribution is 0.104. The lowest BCUT2D eigenvalue weighted by Gasteiger charge is -2.09. The average Bonchev–Trinajstić information content (AvgIpc) is 2.92. The Morgan fingerprint density at radius 3 is 2.38 bits per heavy atom. The highest BCUT2D eigenvalue weighted by Gasteiger charge is 2.30. The summed E-state index contributed by atoms with van der Waals surface area (Å²) >= 11 is 0. The zero-order chi connectivity index (χ0) is 18.7. The molecule has 5 heteroatoms. The molecule has 2 aromatic rings. The number of hydrogen-bond donors (Lipinski definition) is 1. The number of allylic oxidation sites excluding steroid dienone is 1. The van der Waals surface area contributed by atoms with Crippen molar-refractivity contribution >= 4 is 17.3 Å². The predicted molar refractivity (Wildman–Crippen MR) is 102 cm³/mol. The number of hydrogen-bond acceptors (Lipinski definition) is 5. The zero-order valence-electron chi connectivity index (χ0n) is 15.1. The molecule has 0 atom stereocenters. The topological polar surface area (TPSA) is 68.1 Å². The van der Waals surface area contributed by atoms with E-state index < -0.39 is 0 Å². The van der Waals surface area contributed by atoms with Crippen LogP contribution in [0.3, 0.4) is 0 Å². The summed E-state index contributed by atoms with van der Waals surface area (Å²) in [5.41, 5.74) is 2.98. The number of benzene rings is 2. The van der Waals surface area contributed by atoms with Crippen molar-refractivity contribution in [3.8, 4) is 11.5 Å². The Balaban J connectivity index is 1.74. The van der Waals surface area contributed by atoms with E-state index in [0.717, 1.165) is 5.56 Å². The van der Waals surface area contributed by atoms with Crippen LogP contribution in [0.4, 0.5) is 0 Å². The van der Waals surface area contributed by atoms with E-state index >= 15 is 0 Å². The molecule has 0 spiro atoms. The molecule has 0 radical (unpaired) electrons. The second-order valence-corrected chi connectivity index (χ2v) is 6.00. The smallest absolute Gasteiger partial charge is 0.199 e. The Hall–Kier alpha value is -3.08. The Morgan fingerprint density at radius 2 is 1.73 bits per heavy atom. The lowest BCUT2D eigenvalue weighted by atomic mass is 10.1. The summed E-state index contributed by atoms with van der Waals surface area (Å²) in [6, 6.07) is 12.8. The largest absolute Gasteiger partial charge is 0.506 e. The maximum Gasteiger partial charge on any atom is 0.199 e. The van der Waals surface area contributed by atoms with Gasteiger partial charge < -0.3 is 14.6 Å². The molecule has 0 aliphatic heterocycles. The maximum absolute atomic E-state index is 12.5. The molecule has 2 aromatic carbocycles. The van der Waals surface area contributed by atoms with Crippen molar-refractivity contribution in [1.29, 1.82) is 0 Å². The van der Waals surface area contributed by atoms with Gasteiger partial charge in [-0.25, -0.2) is 0 Å². The first-order valence-electron chi connectivity index (χ1n) is 8.36. The van der Waals surface area contributed by atoms with Gasteiger partial charge in [0.15, 0.2) is 17.3 Å². The predicted octanol–water partition coefficient (Wildman–Crippen LogP) is 3.87. The van der Waals surface area contributed by atoms with Crippen LogP contribution in [0.25, 0.3) is 5.76 Å². The number of carbonyl (C=O) groups excluding carboxylic acids is 1. The first-order valence-corrected chi connectivity index (χ1v) is 8.36. The minimum absolute atomic E-state index is 0.0120. The number of aliphatic imine (C=N–C) groups is 1. The summed E-state index contributed by atoms with van der Waals surface area (Å²) in [7, 11) is 3.20. The summed E-state index contributed by atoms with van der Waals surface area (Å²) in [4.78, 5) is 17.0. The van der Waals surface area contributed by atoms with Crippen molar-refractivity contribution in [1.82, 2.24) is 0 Å². The van der Waals surface area contributed by atoms with E-state index in [4.69, 9.17) is 9.47 Å². The molecular weight excluding hydrogens is 330 g/mol. The zero-order valence-corrected chi connectivity index (χ0v) is 15.1. The van der Waals surface area contributed by atoms with Gasteiger partial charge in [0.1, 0.15) is 5.76 Å². The van der Waals surface area contributed by atoms with Crippen LogP contribution in [-0.2, 0) is 6.42 Å². The molecule has 0 aromatic heterocycles. The van der Waals surface area contributed by atoms with Gasteiger partial charge in [-0.1, -0.05) is 30.3 Å². The van der Waals surface area contributed by atoms with E-state index in [2.05, 4.69) is 4.99 Å². The highest BCUT2D eigenvalue weighted by molar-refractivity contribution is 6.35. The number of Topliss-reactive ketones (excluding diaryl/α,β-unsaturated/α-hetero) is 1. The average molecular weight is 351 g/mol. The van der Waals surface area contributed by atoms with Gasteiger partial charge in [0.25, 0.3) is 0 Å². The molecule has 3 rings (SSSR count). The highest BCUT2D eigenvalue weighted by Crippen LogP contribution is 2.31. The van der Waals surface area contributed by atoms with Gasteiger partial charge in [0.2, 0.25) is 0 Å². The van der Waals surface area contributed by atoms with E-state index in [9.17, 15) is 9.90 Å². The van der Waals surface area contributed by atoms with E-state index in [0.29, 0.717) is 46.9 Å². The number of aliphatic hydroxyl groups is 1. The van der Waals surface area contributed by atoms with Crippen molar-refractivity contribution < 1.29 is 19.4 Å². The second kappa shape index (κ2) is 7.44. The van der Waals surface area contributed by atoms with Crippen LogP contribution in [-0.4, -0.2) is 37.4 Å². The number of nitrogens with zero attached hydrogens (tertiary/aromatic N) is 1. The van der Waals surface area contributed by atoms with Crippen LogP contribution in [0, 0.1) is 0 Å². The number of methoxy groups -OCH3 is 2. The van der Waals surface area contributed by atoms with Crippen molar-refractivity contribution in [2.24, 2.45) is 4.99 Å². The summed E-state index contributed by atoms with van der Waals surface area (Å²) < 4.78 is 10.5. The SMILES string of the molecule is COc1ccc(CCN=C(C)C2=C(O)c3ccccc3C2=O)cc1OC. The number of ether oxygens (including phenoxy) is 2. The van der Waals surface area contributed by atoms with E-state index in [1.165, 1.54) is 0 Å².